The highest BCUT2D eigenvalue weighted by molar-refractivity contribution is 6.31. The minimum absolute atomic E-state index is 0.126. The lowest BCUT2D eigenvalue weighted by Crippen LogP contribution is -2.13. The number of carbonyl (C=O) groups excluding carboxylic acids is 1. The van der Waals surface area contributed by atoms with Crippen molar-refractivity contribution < 1.29 is 4.79 Å². The zero-order chi connectivity index (χ0) is 16.5. The van der Waals surface area contributed by atoms with E-state index in [4.69, 9.17) is 11.6 Å². The molecule has 0 spiro atoms. The Kier molecular flexibility index (Phi) is 3.63. The summed E-state index contributed by atoms with van der Waals surface area (Å²) in [6.07, 6.45) is 0. The average molecular weight is 333 g/mol. The fourth-order valence-corrected chi connectivity index (χ4v) is 2.91. The average Bonchev–Trinajstić information content (AvgIpc) is 3.01. The van der Waals surface area contributed by atoms with Crippen LogP contribution in [0.2, 0.25) is 5.02 Å². The summed E-state index contributed by atoms with van der Waals surface area (Å²) >= 11 is 6.14. The zero-order valence-electron chi connectivity index (χ0n) is 12.7. The van der Waals surface area contributed by atoms with E-state index in [1.165, 1.54) is 0 Å². The Morgan fingerprint density at radius 3 is 2.25 bits per heavy atom. The van der Waals surface area contributed by atoms with Gasteiger partial charge in [0.1, 0.15) is 5.82 Å². The molecule has 116 valence electrons. The molecule has 3 nitrogen and oxygen atoms in total. The van der Waals surface area contributed by atoms with E-state index in [-0.39, 0.29) is 5.91 Å². The molecule has 1 heterocycles. The molecule has 0 fully saturated rings. The Morgan fingerprint density at radius 2 is 1.54 bits per heavy atom. The lowest BCUT2D eigenvalue weighted by molar-refractivity contribution is 0.0966. The largest absolute Gasteiger partial charge is 0.268 e. The first-order valence-corrected chi connectivity index (χ1v) is 7.95. The molecule has 0 saturated carbocycles. The monoisotopic (exact) mass is 332 g/mol. The molecule has 3 aromatic carbocycles. The molecular formula is C20H13ClN2O. The maximum absolute atomic E-state index is 13.1. The number of aromatic nitrogens is 2. The minimum atomic E-state index is -0.126. The van der Waals surface area contributed by atoms with Gasteiger partial charge < -0.3 is 0 Å². The molecule has 4 heteroatoms. The van der Waals surface area contributed by atoms with Gasteiger partial charge in [-0.2, -0.15) is 0 Å². The van der Waals surface area contributed by atoms with Crippen LogP contribution in [0.5, 0.6) is 0 Å². The first-order valence-electron chi connectivity index (χ1n) is 7.57. The van der Waals surface area contributed by atoms with Gasteiger partial charge in [0.25, 0.3) is 5.91 Å². The number of hydrogen-bond donors (Lipinski definition) is 0. The first-order chi connectivity index (χ1) is 11.7. The van der Waals surface area contributed by atoms with E-state index in [1.807, 2.05) is 54.6 Å². The summed E-state index contributed by atoms with van der Waals surface area (Å²) in [5.74, 6) is 0.487. The quantitative estimate of drug-likeness (QED) is 0.515. The summed E-state index contributed by atoms with van der Waals surface area (Å²) < 4.78 is 1.63. The third-order valence-corrected chi connectivity index (χ3v) is 4.11. The van der Waals surface area contributed by atoms with Crippen LogP contribution in [0, 0.1) is 0 Å². The van der Waals surface area contributed by atoms with Gasteiger partial charge in [-0.05, 0) is 30.3 Å². The number of carbonyl (C=O) groups is 1. The van der Waals surface area contributed by atoms with Gasteiger partial charge in [-0.3, -0.25) is 9.36 Å². The van der Waals surface area contributed by atoms with Crippen LogP contribution < -0.4 is 0 Å². The first kappa shape index (κ1) is 14.7. The van der Waals surface area contributed by atoms with E-state index >= 15 is 0 Å². The summed E-state index contributed by atoms with van der Waals surface area (Å²) in [6, 6.07) is 24.3. The third kappa shape index (κ3) is 2.49. The van der Waals surface area contributed by atoms with Gasteiger partial charge in [0, 0.05) is 16.1 Å². The summed E-state index contributed by atoms with van der Waals surface area (Å²) in [6.45, 7) is 0. The van der Waals surface area contributed by atoms with Crippen LogP contribution in [0.3, 0.4) is 0 Å². The number of benzene rings is 3. The van der Waals surface area contributed by atoms with E-state index in [9.17, 15) is 4.79 Å². The van der Waals surface area contributed by atoms with Crippen LogP contribution >= 0.6 is 11.6 Å². The minimum Gasteiger partial charge on any atom is -0.268 e. The smallest absolute Gasteiger partial charge is 0.264 e. The van der Waals surface area contributed by atoms with Crippen LogP contribution in [-0.2, 0) is 0 Å². The van der Waals surface area contributed by atoms with E-state index in [2.05, 4.69) is 4.98 Å². The maximum atomic E-state index is 13.1. The second-order valence-electron chi connectivity index (χ2n) is 5.44. The third-order valence-electron chi connectivity index (χ3n) is 3.87. The van der Waals surface area contributed by atoms with Gasteiger partial charge >= 0.3 is 0 Å². The molecule has 0 saturated heterocycles. The molecule has 0 aliphatic carbocycles. The lowest BCUT2D eigenvalue weighted by atomic mass is 10.2. The predicted molar refractivity (Wildman–Crippen MR) is 96.3 cm³/mol. The molecule has 1 aromatic heterocycles. The van der Waals surface area contributed by atoms with E-state index in [0.29, 0.717) is 21.9 Å². The molecule has 0 aliphatic heterocycles. The molecule has 4 aromatic rings. The topological polar surface area (TPSA) is 34.9 Å². The highest BCUT2D eigenvalue weighted by atomic mass is 35.5. The number of imidazole rings is 1. The molecule has 24 heavy (non-hydrogen) atoms. The van der Waals surface area contributed by atoms with Crippen LogP contribution in [0.15, 0.2) is 78.9 Å². The highest BCUT2D eigenvalue weighted by Gasteiger charge is 2.19. The standard InChI is InChI=1S/C20H13ClN2O/c21-16-11-12-17-18(13-16)23(20(24)15-9-5-2-6-10-15)19(22-17)14-7-3-1-4-8-14/h1-13H. The van der Waals surface area contributed by atoms with Crippen molar-refractivity contribution in [3.8, 4) is 11.4 Å². The number of hydrogen-bond acceptors (Lipinski definition) is 2. The van der Waals surface area contributed by atoms with E-state index in [0.717, 1.165) is 11.1 Å². The molecule has 0 unspecified atom stereocenters. The van der Waals surface area contributed by atoms with Crippen LogP contribution in [-0.4, -0.2) is 15.5 Å². The summed E-state index contributed by atoms with van der Waals surface area (Å²) in [4.78, 5) is 17.8. The molecular weight excluding hydrogens is 320 g/mol. The SMILES string of the molecule is O=C(c1ccccc1)n1c(-c2ccccc2)nc2ccc(Cl)cc21. The summed E-state index contributed by atoms with van der Waals surface area (Å²) in [5.41, 5.74) is 2.93. The molecule has 0 amide bonds. The van der Waals surface area contributed by atoms with Crippen molar-refractivity contribution in [2.45, 2.75) is 0 Å². The van der Waals surface area contributed by atoms with Crippen molar-refractivity contribution in [1.82, 2.24) is 9.55 Å². The maximum Gasteiger partial charge on any atom is 0.264 e. The van der Waals surface area contributed by atoms with Crippen molar-refractivity contribution >= 4 is 28.5 Å². The predicted octanol–water partition coefficient (Wildman–Crippen LogP) is 5.05. The fraction of sp³-hybridized carbons (Fsp3) is 0. The van der Waals surface area contributed by atoms with Gasteiger partial charge in [0.15, 0.2) is 0 Å². The van der Waals surface area contributed by atoms with Gasteiger partial charge in [0.05, 0.1) is 11.0 Å². The van der Waals surface area contributed by atoms with Crippen molar-refractivity contribution in [2.24, 2.45) is 0 Å². The number of rotatable bonds is 2. The lowest BCUT2D eigenvalue weighted by Gasteiger charge is -2.08. The molecule has 4 rings (SSSR count). The number of fused-ring (bicyclic) bond motifs is 1. The van der Waals surface area contributed by atoms with Crippen molar-refractivity contribution in [3.63, 3.8) is 0 Å². The van der Waals surface area contributed by atoms with Gasteiger partial charge in [-0.25, -0.2) is 4.98 Å². The number of halogens is 1. The van der Waals surface area contributed by atoms with Crippen LogP contribution in [0.1, 0.15) is 10.4 Å². The summed E-state index contributed by atoms with van der Waals surface area (Å²) in [5, 5.41) is 0.573. The van der Waals surface area contributed by atoms with E-state index in [1.54, 1.807) is 28.8 Å². The molecule has 0 bridgehead atoms. The second-order valence-corrected chi connectivity index (χ2v) is 5.88. The van der Waals surface area contributed by atoms with E-state index < -0.39 is 0 Å². The van der Waals surface area contributed by atoms with Crippen molar-refractivity contribution in [2.75, 3.05) is 0 Å². The second kappa shape index (κ2) is 5.95. The Balaban J connectivity index is 2.01. The van der Waals surface area contributed by atoms with Gasteiger partial charge in [-0.15, -0.1) is 0 Å². The number of nitrogens with zero attached hydrogens (tertiary/aromatic N) is 2. The van der Waals surface area contributed by atoms with Gasteiger partial charge in [-0.1, -0.05) is 60.1 Å². The Morgan fingerprint density at radius 1 is 0.875 bits per heavy atom. The Bertz CT molecular complexity index is 1020. The van der Waals surface area contributed by atoms with Crippen LogP contribution in [0.25, 0.3) is 22.4 Å². The Hall–Kier alpha value is -2.91. The Labute approximate surface area is 144 Å². The van der Waals surface area contributed by atoms with Gasteiger partial charge in [0.2, 0.25) is 0 Å². The van der Waals surface area contributed by atoms with Crippen LogP contribution in [0.4, 0.5) is 0 Å². The molecule has 0 N–H and O–H groups in total. The molecule has 0 radical (unpaired) electrons. The molecule has 0 atom stereocenters. The van der Waals surface area contributed by atoms with Crippen molar-refractivity contribution in [1.29, 1.82) is 0 Å². The highest BCUT2D eigenvalue weighted by Crippen LogP contribution is 2.27. The normalized spacial score (nSPS) is 10.9. The van der Waals surface area contributed by atoms with Crippen molar-refractivity contribution in [3.05, 3.63) is 89.4 Å². The zero-order valence-corrected chi connectivity index (χ0v) is 13.4. The fourth-order valence-electron chi connectivity index (χ4n) is 2.74. The summed E-state index contributed by atoms with van der Waals surface area (Å²) in [7, 11) is 0. The molecule has 0 aliphatic rings.